The molecule has 0 radical (unpaired) electrons. The summed E-state index contributed by atoms with van der Waals surface area (Å²) in [6.45, 7) is 3.33. The Morgan fingerprint density at radius 2 is 2.00 bits per heavy atom. The third-order valence-corrected chi connectivity index (χ3v) is 4.66. The molecular weight excluding hydrogens is 302 g/mol. The topological polar surface area (TPSA) is 63.1 Å². The molecule has 2 heterocycles. The van der Waals surface area contributed by atoms with Crippen molar-refractivity contribution in [2.75, 3.05) is 6.54 Å². The molecule has 1 aliphatic rings. The first-order valence-electron chi connectivity index (χ1n) is 8.39. The molecule has 1 aromatic carbocycles. The number of nitrogens with one attached hydrogen (secondary N) is 2. The number of amides is 1. The van der Waals surface area contributed by atoms with E-state index >= 15 is 0 Å². The maximum Gasteiger partial charge on any atom is 0.250 e. The average molecular weight is 325 g/mol. The van der Waals surface area contributed by atoms with E-state index < -0.39 is 0 Å². The number of rotatable bonds is 5. The normalized spacial score (nSPS) is 21.4. The van der Waals surface area contributed by atoms with Gasteiger partial charge in [-0.15, -0.1) is 0 Å². The summed E-state index contributed by atoms with van der Waals surface area (Å²) < 4.78 is 1.63. The molecule has 1 aliphatic heterocycles. The average Bonchev–Trinajstić information content (AvgIpc) is 3.03. The summed E-state index contributed by atoms with van der Waals surface area (Å²) in [5, 5.41) is 6.45. The molecular formula is C19H23N3O2. The molecule has 0 spiro atoms. The van der Waals surface area contributed by atoms with E-state index in [2.05, 4.69) is 10.6 Å². The van der Waals surface area contributed by atoms with Crippen LogP contribution in [0.15, 0.2) is 59.5 Å². The van der Waals surface area contributed by atoms with E-state index in [4.69, 9.17) is 0 Å². The number of hydrogen-bond donors (Lipinski definition) is 2. The first-order valence-corrected chi connectivity index (χ1v) is 8.39. The fraction of sp³-hybridized carbons (Fsp3) is 0.368. The van der Waals surface area contributed by atoms with Gasteiger partial charge in [0.2, 0.25) is 5.91 Å². The molecule has 5 nitrogen and oxygen atoms in total. The molecule has 0 saturated carbocycles. The SMILES string of the molecule is CC1NCCC1C(=O)NC(Cn1ccccc1=O)c1ccccc1. The van der Waals surface area contributed by atoms with Crippen LogP contribution in [0.4, 0.5) is 0 Å². The summed E-state index contributed by atoms with van der Waals surface area (Å²) in [5.41, 5.74) is 0.934. The van der Waals surface area contributed by atoms with Gasteiger partial charge in [0.15, 0.2) is 0 Å². The third-order valence-electron chi connectivity index (χ3n) is 4.66. The predicted molar refractivity (Wildman–Crippen MR) is 93.6 cm³/mol. The number of hydrogen-bond acceptors (Lipinski definition) is 3. The Labute approximate surface area is 141 Å². The van der Waals surface area contributed by atoms with Crippen molar-refractivity contribution in [1.82, 2.24) is 15.2 Å². The molecule has 3 atom stereocenters. The number of benzene rings is 1. The van der Waals surface area contributed by atoms with Gasteiger partial charge in [0.1, 0.15) is 0 Å². The quantitative estimate of drug-likeness (QED) is 0.879. The Bertz CT molecular complexity index is 742. The second-order valence-corrected chi connectivity index (χ2v) is 6.30. The molecule has 1 saturated heterocycles. The van der Waals surface area contributed by atoms with Gasteiger partial charge in [-0.2, -0.15) is 0 Å². The lowest BCUT2D eigenvalue weighted by Gasteiger charge is -2.23. The zero-order valence-corrected chi connectivity index (χ0v) is 13.8. The van der Waals surface area contributed by atoms with Gasteiger partial charge in [-0.1, -0.05) is 36.4 Å². The Morgan fingerprint density at radius 3 is 2.67 bits per heavy atom. The molecule has 2 aromatic rings. The summed E-state index contributed by atoms with van der Waals surface area (Å²) in [4.78, 5) is 24.7. The van der Waals surface area contributed by atoms with E-state index in [1.807, 2.05) is 43.3 Å². The molecule has 2 N–H and O–H groups in total. The van der Waals surface area contributed by atoms with E-state index in [9.17, 15) is 9.59 Å². The molecule has 1 aromatic heterocycles. The minimum atomic E-state index is -0.230. The standard InChI is InChI=1S/C19H23N3O2/c1-14-16(10-11-20-14)19(24)21-17(15-7-3-2-4-8-15)13-22-12-6-5-9-18(22)23/h2-9,12,14,16-17,20H,10-11,13H2,1H3,(H,21,24). The van der Waals surface area contributed by atoms with Crippen molar-refractivity contribution >= 4 is 5.91 Å². The molecule has 3 rings (SSSR count). The van der Waals surface area contributed by atoms with E-state index in [1.54, 1.807) is 16.8 Å². The van der Waals surface area contributed by atoms with Gasteiger partial charge in [-0.05, 0) is 31.5 Å². The molecule has 126 valence electrons. The highest BCUT2D eigenvalue weighted by Gasteiger charge is 2.30. The fourth-order valence-corrected chi connectivity index (χ4v) is 3.22. The van der Waals surface area contributed by atoms with Crippen LogP contribution < -0.4 is 16.2 Å². The number of aromatic nitrogens is 1. The molecule has 5 heteroatoms. The Hall–Kier alpha value is -2.40. The molecule has 24 heavy (non-hydrogen) atoms. The van der Waals surface area contributed by atoms with E-state index in [0.29, 0.717) is 6.54 Å². The molecule has 1 fully saturated rings. The van der Waals surface area contributed by atoms with Crippen LogP contribution in [0.5, 0.6) is 0 Å². The van der Waals surface area contributed by atoms with E-state index in [1.165, 1.54) is 6.07 Å². The van der Waals surface area contributed by atoms with Gasteiger partial charge in [-0.25, -0.2) is 0 Å². The van der Waals surface area contributed by atoms with Crippen molar-refractivity contribution in [1.29, 1.82) is 0 Å². The first kappa shape index (κ1) is 16.5. The van der Waals surface area contributed by atoms with Crippen LogP contribution >= 0.6 is 0 Å². The van der Waals surface area contributed by atoms with Gasteiger partial charge < -0.3 is 15.2 Å². The predicted octanol–water partition coefficient (Wildman–Crippen LogP) is 1.70. The van der Waals surface area contributed by atoms with Crippen molar-refractivity contribution < 1.29 is 4.79 Å². The van der Waals surface area contributed by atoms with Crippen LogP contribution in [0.25, 0.3) is 0 Å². The van der Waals surface area contributed by atoms with Crippen LogP contribution in [-0.2, 0) is 11.3 Å². The molecule has 3 unspecified atom stereocenters. The largest absolute Gasteiger partial charge is 0.347 e. The molecule has 0 aliphatic carbocycles. The smallest absolute Gasteiger partial charge is 0.250 e. The summed E-state index contributed by atoms with van der Waals surface area (Å²) in [6.07, 6.45) is 2.60. The zero-order valence-electron chi connectivity index (χ0n) is 13.8. The van der Waals surface area contributed by atoms with Gasteiger partial charge in [0, 0.05) is 18.3 Å². The molecule has 0 bridgehead atoms. The van der Waals surface area contributed by atoms with Gasteiger partial charge in [0.25, 0.3) is 5.56 Å². The van der Waals surface area contributed by atoms with Crippen molar-refractivity contribution in [3.8, 4) is 0 Å². The van der Waals surface area contributed by atoms with Gasteiger partial charge in [-0.3, -0.25) is 9.59 Å². The van der Waals surface area contributed by atoms with Crippen LogP contribution in [0.2, 0.25) is 0 Å². The zero-order chi connectivity index (χ0) is 16.9. The lowest BCUT2D eigenvalue weighted by atomic mass is 9.99. The number of carbonyl (C=O) groups excluding carboxylic acids is 1. The maximum absolute atomic E-state index is 12.7. The van der Waals surface area contributed by atoms with Crippen molar-refractivity contribution in [3.63, 3.8) is 0 Å². The van der Waals surface area contributed by atoms with E-state index in [0.717, 1.165) is 18.5 Å². The third kappa shape index (κ3) is 3.74. The second-order valence-electron chi connectivity index (χ2n) is 6.30. The van der Waals surface area contributed by atoms with Crippen LogP contribution in [0.1, 0.15) is 24.9 Å². The lowest BCUT2D eigenvalue weighted by molar-refractivity contribution is -0.126. The highest BCUT2D eigenvalue weighted by Crippen LogP contribution is 2.19. The lowest BCUT2D eigenvalue weighted by Crippen LogP contribution is -2.40. The van der Waals surface area contributed by atoms with Crippen LogP contribution in [0, 0.1) is 5.92 Å². The number of pyridine rings is 1. The number of carbonyl (C=O) groups is 1. The Morgan fingerprint density at radius 1 is 1.25 bits per heavy atom. The summed E-state index contributed by atoms with van der Waals surface area (Å²) in [5.74, 6) is 0.0223. The van der Waals surface area contributed by atoms with E-state index in [-0.39, 0.29) is 29.5 Å². The summed E-state index contributed by atoms with van der Waals surface area (Å²) in [6, 6.07) is 14.8. The van der Waals surface area contributed by atoms with Gasteiger partial charge >= 0.3 is 0 Å². The van der Waals surface area contributed by atoms with Crippen LogP contribution in [-0.4, -0.2) is 23.1 Å². The monoisotopic (exact) mass is 325 g/mol. The number of nitrogens with zero attached hydrogens (tertiary/aromatic N) is 1. The fourth-order valence-electron chi connectivity index (χ4n) is 3.22. The molecule has 1 amide bonds. The Balaban J connectivity index is 1.81. The van der Waals surface area contributed by atoms with Crippen molar-refractivity contribution in [2.45, 2.75) is 32.0 Å². The highest BCUT2D eigenvalue weighted by atomic mass is 16.2. The van der Waals surface area contributed by atoms with Crippen molar-refractivity contribution in [2.24, 2.45) is 5.92 Å². The van der Waals surface area contributed by atoms with Crippen molar-refractivity contribution in [3.05, 3.63) is 70.6 Å². The first-order chi connectivity index (χ1) is 11.6. The Kier molecular flexibility index (Phi) is 5.11. The summed E-state index contributed by atoms with van der Waals surface area (Å²) >= 11 is 0. The van der Waals surface area contributed by atoms with Crippen LogP contribution in [0.3, 0.4) is 0 Å². The maximum atomic E-state index is 12.7. The highest BCUT2D eigenvalue weighted by molar-refractivity contribution is 5.80. The van der Waals surface area contributed by atoms with Gasteiger partial charge in [0.05, 0.1) is 18.5 Å². The summed E-state index contributed by atoms with van der Waals surface area (Å²) in [7, 11) is 0. The minimum Gasteiger partial charge on any atom is -0.347 e. The second kappa shape index (κ2) is 7.45. The minimum absolute atomic E-state index is 0.0243.